The van der Waals surface area contributed by atoms with Crippen LogP contribution in [0.3, 0.4) is 0 Å². The van der Waals surface area contributed by atoms with Crippen LogP contribution in [0.25, 0.3) is 0 Å². The molecule has 41 heavy (non-hydrogen) atoms. The Kier molecular flexibility index (Phi) is 9.73. The summed E-state index contributed by atoms with van der Waals surface area (Å²) in [5, 5.41) is 11.3. The van der Waals surface area contributed by atoms with Crippen LogP contribution in [-0.4, -0.2) is 90.7 Å². The second-order valence-corrected chi connectivity index (χ2v) is 15.2. The zero-order valence-electron chi connectivity index (χ0n) is 26.1. The van der Waals surface area contributed by atoms with Gasteiger partial charge in [-0.2, -0.15) is 0 Å². The van der Waals surface area contributed by atoms with E-state index in [1.54, 1.807) is 0 Å². The van der Waals surface area contributed by atoms with Crippen LogP contribution in [0.5, 0.6) is 0 Å². The van der Waals surface area contributed by atoms with E-state index in [0.29, 0.717) is 36.1 Å². The fourth-order valence-corrected chi connectivity index (χ4v) is 11.5. The minimum Gasteiger partial charge on any atom is -1.00 e. The van der Waals surface area contributed by atoms with E-state index in [2.05, 4.69) is 31.4 Å². The molecule has 7 heteroatoms. The lowest BCUT2D eigenvalue weighted by molar-refractivity contribution is -0.952. The van der Waals surface area contributed by atoms with Gasteiger partial charge in [0, 0.05) is 37.4 Å². The lowest BCUT2D eigenvalue weighted by Gasteiger charge is -2.62. The number of rotatable bonds is 6. The summed E-state index contributed by atoms with van der Waals surface area (Å²) in [6.45, 7) is 18.1. The van der Waals surface area contributed by atoms with Crippen LogP contribution in [0, 0.1) is 34.5 Å². The molecule has 6 rings (SSSR count). The summed E-state index contributed by atoms with van der Waals surface area (Å²) in [7, 11) is 0. The molecule has 0 aromatic rings. The topological polar surface area (TPSA) is 59.0 Å². The normalized spacial score (nSPS) is 45.9. The third kappa shape index (κ3) is 5.40. The predicted octanol–water partition coefficient (Wildman–Crippen LogP) is 2.19. The van der Waals surface area contributed by atoms with E-state index in [9.17, 15) is 9.90 Å². The number of quaternary nitrogens is 1. The SMILES string of the molecule is C=CC[N+]1([C@H]2C[C@H]3[C@@H]4CC[C@H]5C[C@H](O)[C@@H](N6CCOCC6)C[C@]5(C)[C@H]4CC[C@]3(C)[C@H]2OC(=O)CC)CCCCC1.[Br-]. The van der Waals surface area contributed by atoms with Crippen LogP contribution in [0.1, 0.15) is 91.4 Å². The Morgan fingerprint density at radius 3 is 2.49 bits per heavy atom. The van der Waals surface area contributed by atoms with Crippen LogP contribution in [-0.2, 0) is 14.3 Å². The standard InChI is InChI=1S/C34H57N2O4.BrH/c1-5-16-36(17-8-7-9-18-36)29-22-27-25-11-10-24-21-30(37)28(35-14-19-39-20-15-35)23-34(24,4)26(25)12-13-33(27,3)32(29)40-31(38)6-2;/h5,24-30,32,37H,1,6-23H2,2-4H3;1H/q+1;/p-1/t24-,25+,26-,27-,28-,29-,30-,32-,33-,34-;/m0./s1. The van der Waals surface area contributed by atoms with Gasteiger partial charge in [-0.05, 0) is 93.0 Å². The second-order valence-electron chi connectivity index (χ2n) is 15.2. The first kappa shape index (κ1) is 31.9. The maximum Gasteiger partial charge on any atom is 0.306 e. The van der Waals surface area contributed by atoms with Crippen molar-refractivity contribution >= 4 is 5.97 Å². The highest BCUT2D eigenvalue weighted by molar-refractivity contribution is 5.69. The first-order valence-corrected chi connectivity index (χ1v) is 16.9. The zero-order valence-corrected chi connectivity index (χ0v) is 27.7. The molecule has 2 aliphatic heterocycles. The molecular weight excluding hydrogens is 580 g/mol. The number of carbonyl (C=O) groups is 1. The van der Waals surface area contributed by atoms with Gasteiger partial charge in [-0.25, -0.2) is 0 Å². The average Bonchev–Trinajstić information content (AvgIpc) is 3.26. The third-order valence-corrected chi connectivity index (χ3v) is 13.6. The van der Waals surface area contributed by atoms with Crippen molar-refractivity contribution in [2.75, 3.05) is 45.9 Å². The minimum atomic E-state index is -0.211. The Hall–Kier alpha value is -0.470. The maximum absolute atomic E-state index is 12.9. The van der Waals surface area contributed by atoms with E-state index in [0.717, 1.165) is 56.6 Å². The molecule has 2 saturated heterocycles. The Labute approximate surface area is 259 Å². The second kappa shape index (κ2) is 12.5. The van der Waals surface area contributed by atoms with Crippen molar-refractivity contribution in [2.24, 2.45) is 34.5 Å². The zero-order chi connectivity index (χ0) is 28.1. The summed E-state index contributed by atoms with van der Waals surface area (Å²) >= 11 is 0. The molecule has 2 heterocycles. The van der Waals surface area contributed by atoms with Crippen LogP contribution in [0.4, 0.5) is 0 Å². The molecule has 6 nitrogen and oxygen atoms in total. The molecule has 4 saturated carbocycles. The molecule has 0 unspecified atom stereocenters. The van der Waals surface area contributed by atoms with Crippen molar-refractivity contribution in [3.05, 3.63) is 12.7 Å². The number of morpholine rings is 1. The third-order valence-electron chi connectivity index (χ3n) is 13.6. The number of carbonyl (C=O) groups excluding carboxylic acids is 1. The fraction of sp³-hybridized carbons (Fsp3) is 0.912. The Morgan fingerprint density at radius 2 is 1.80 bits per heavy atom. The van der Waals surface area contributed by atoms with Crippen LogP contribution in [0.15, 0.2) is 12.7 Å². The number of fused-ring (bicyclic) bond motifs is 5. The predicted molar refractivity (Wildman–Crippen MR) is 158 cm³/mol. The van der Waals surface area contributed by atoms with Gasteiger partial charge in [0.1, 0.15) is 6.04 Å². The van der Waals surface area contributed by atoms with Gasteiger partial charge in [0.2, 0.25) is 0 Å². The number of hydrogen-bond donors (Lipinski definition) is 1. The lowest BCUT2D eigenvalue weighted by atomic mass is 9.44. The van der Waals surface area contributed by atoms with Gasteiger partial charge in [-0.1, -0.05) is 27.4 Å². The number of ether oxygens (including phenoxy) is 2. The van der Waals surface area contributed by atoms with E-state index < -0.39 is 0 Å². The highest BCUT2D eigenvalue weighted by atomic mass is 79.9. The summed E-state index contributed by atoms with van der Waals surface area (Å²) in [6, 6.07) is 0.656. The molecule has 6 fully saturated rings. The van der Waals surface area contributed by atoms with Crippen molar-refractivity contribution in [3.8, 4) is 0 Å². The van der Waals surface area contributed by atoms with Crippen LogP contribution < -0.4 is 17.0 Å². The van der Waals surface area contributed by atoms with E-state index in [-0.39, 0.29) is 52.0 Å². The van der Waals surface area contributed by atoms with Gasteiger partial charge >= 0.3 is 5.97 Å². The molecule has 0 bridgehead atoms. The number of hydrogen-bond acceptors (Lipinski definition) is 5. The molecular formula is C34H57BrN2O4. The number of aliphatic hydroxyl groups excluding tert-OH is 1. The van der Waals surface area contributed by atoms with E-state index in [1.165, 1.54) is 58.0 Å². The van der Waals surface area contributed by atoms with Gasteiger partial charge in [-0.3, -0.25) is 9.69 Å². The Bertz CT molecular complexity index is 936. The molecule has 0 radical (unpaired) electrons. The maximum atomic E-state index is 12.9. The quantitative estimate of drug-likeness (QED) is 0.275. The molecule has 0 aromatic carbocycles. The van der Waals surface area contributed by atoms with E-state index in [1.807, 2.05) is 6.92 Å². The van der Waals surface area contributed by atoms with Crippen molar-refractivity contribution in [1.29, 1.82) is 0 Å². The number of likely N-dealkylation sites (tertiary alicyclic amines) is 1. The molecule has 1 N–H and O–H groups in total. The summed E-state index contributed by atoms with van der Waals surface area (Å²) in [5.74, 6) is 2.62. The van der Waals surface area contributed by atoms with Gasteiger partial charge in [0.25, 0.3) is 0 Å². The van der Waals surface area contributed by atoms with Gasteiger partial charge in [0.15, 0.2) is 6.10 Å². The number of piperidine rings is 1. The van der Waals surface area contributed by atoms with Crippen molar-refractivity contribution in [3.63, 3.8) is 0 Å². The van der Waals surface area contributed by atoms with E-state index in [4.69, 9.17) is 9.47 Å². The highest BCUT2D eigenvalue weighted by Crippen LogP contribution is 2.67. The molecule has 0 aromatic heterocycles. The minimum absolute atomic E-state index is 0. The van der Waals surface area contributed by atoms with Gasteiger partial charge in [0.05, 0.1) is 39.0 Å². The number of esters is 1. The summed E-state index contributed by atoms with van der Waals surface area (Å²) < 4.78 is 13.3. The highest BCUT2D eigenvalue weighted by Gasteiger charge is 2.67. The molecule has 0 amide bonds. The monoisotopic (exact) mass is 636 g/mol. The van der Waals surface area contributed by atoms with Crippen LogP contribution >= 0.6 is 0 Å². The number of aliphatic hydroxyl groups is 1. The molecule has 10 atom stereocenters. The van der Waals surface area contributed by atoms with Gasteiger partial charge in [-0.15, -0.1) is 0 Å². The Balaban J connectivity index is 0.00000337. The molecule has 234 valence electrons. The number of halogens is 1. The fourth-order valence-electron chi connectivity index (χ4n) is 11.5. The van der Waals surface area contributed by atoms with Crippen molar-refractivity contribution < 1.29 is 40.8 Å². The number of nitrogens with zero attached hydrogens (tertiary/aromatic N) is 2. The summed E-state index contributed by atoms with van der Waals surface area (Å²) in [4.78, 5) is 15.5. The molecule has 4 aliphatic carbocycles. The molecule has 6 aliphatic rings. The van der Waals surface area contributed by atoms with Gasteiger partial charge < -0.3 is 36.0 Å². The van der Waals surface area contributed by atoms with Crippen molar-refractivity contribution in [1.82, 2.24) is 4.90 Å². The lowest BCUT2D eigenvalue weighted by Crippen LogP contribution is -3.00. The van der Waals surface area contributed by atoms with Crippen LogP contribution in [0.2, 0.25) is 0 Å². The largest absolute Gasteiger partial charge is 1.00 e. The first-order chi connectivity index (χ1) is 19.3. The van der Waals surface area contributed by atoms with E-state index >= 15 is 0 Å². The smallest absolute Gasteiger partial charge is 0.306 e. The Morgan fingerprint density at radius 1 is 1.07 bits per heavy atom. The average molecular weight is 638 g/mol. The van der Waals surface area contributed by atoms with Crippen molar-refractivity contribution in [2.45, 2.75) is 116 Å². The molecule has 0 spiro atoms. The first-order valence-electron chi connectivity index (χ1n) is 16.9. The summed E-state index contributed by atoms with van der Waals surface area (Å²) in [5.41, 5.74) is 0.333. The summed E-state index contributed by atoms with van der Waals surface area (Å²) in [6.07, 6.45) is 14.5.